The van der Waals surface area contributed by atoms with E-state index in [-0.39, 0.29) is 16.8 Å². The average Bonchev–Trinajstić information content (AvgIpc) is 2.70. The zero-order valence-electron chi connectivity index (χ0n) is 16.5. The second-order valence-electron chi connectivity index (χ2n) is 7.34. The van der Waals surface area contributed by atoms with Crippen molar-refractivity contribution in [1.29, 1.82) is 0 Å². The SMILES string of the molecule is COC(=O)C(CSC(=O)C(C)(C)C)NC(=O)c1ccc(-c2ccccc2)cc1. The number of rotatable bonds is 6. The summed E-state index contributed by atoms with van der Waals surface area (Å²) in [6.07, 6.45) is 0. The number of ether oxygens (including phenoxy) is 1. The number of hydrogen-bond acceptors (Lipinski definition) is 5. The molecule has 0 saturated heterocycles. The normalized spacial score (nSPS) is 12.1. The number of benzene rings is 2. The van der Waals surface area contributed by atoms with Gasteiger partial charge in [0.2, 0.25) is 0 Å². The summed E-state index contributed by atoms with van der Waals surface area (Å²) in [7, 11) is 1.26. The Morgan fingerprint density at radius 3 is 2.07 bits per heavy atom. The third-order valence-corrected chi connectivity index (χ3v) is 5.41. The Morgan fingerprint density at radius 2 is 1.54 bits per heavy atom. The number of amides is 1. The van der Waals surface area contributed by atoms with Crippen molar-refractivity contribution < 1.29 is 19.1 Å². The molecule has 0 radical (unpaired) electrons. The first-order valence-electron chi connectivity index (χ1n) is 8.94. The Labute approximate surface area is 169 Å². The highest BCUT2D eigenvalue weighted by molar-refractivity contribution is 8.13. The van der Waals surface area contributed by atoms with E-state index in [2.05, 4.69) is 5.32 Å². The van der Waals surface area contributed by atoms with Crippen LogP contribution in [0.25, 0.3) is 11.1 Å². The molecule has 148 valence electrons. The van der Waals surface area contributed by atoms with Crippen molar-refractivity contribution in [3.05, 3.63) is 60.2 Å². The summed E-state index contributed by atoms with van der Waals surface area (Å²) in [5.41, 5.74) is 1.95. The minimum Gasteiger partial charge on any atom is -0.467 e. The summed E-state index contributed by atoms with van der Waals surface area (Å²) < 4.78 is 4.77. The van der Waals surface area contributed by atoms with E-state index >= 15 is 0 Å². The van der Waals surface area contributed by atoms with Crippen LogP contribution >= 0.6 is 11.8 Å². The van der Waals surface area contributed by atoms with Crippen molar-refractivity contribution >= 4 is 28.8 Å². The van der Waals surface area contributed by atoms with Gasteiger partial charge in [-0.25, -0.2) is 4.79 Å². The summed E-state index contributed by atoms with van der Waals surface area (Å²) in [5.74, 6) is -0.848. The van der Waals surface area contributed by atoms with E-state index in [9.17, 15) is 14.4 Å². The predicted octanol–water partition coefficient (Wildman–Crippen LogP) is 3.93. The standard InChI is InChI=1S/C22H25NO4S/c1-22(2,3)21(26)28-14-18(20(25)27-4)23-19(24)17-12-10-16(11-13-17)15-8-6-5-7-9-15/h5-13,18H,14H2,1-4H3,(H,23,24). The molecule has 2 aromatic rings. The number of hydrogen-bond donors (Lipinski definition) is 1. The van der Waals surface area contributed by atoms with Gasteiger partial charge >= 0.3 is 5.97 Å². The molecule has 6 heteroatoms. The van der Waals surface area contributed by atoms with E-state index in [0.717, 1.165) is 22.9 Å². The van der Waals surface area contributed by atoms with Crippen LogP contribution in [-0.4, -0.2) is 35.9 Å². The molecule has 1 N–H and O–H groups in total. The maximum Gasteiger partial charge on any atom is 0.329 e. The van der Waals surface area contributed by atoms with E-state index < -0.39 is 17.4 Å². The third kappa shape index (κ3) is 5.96. The van der Waals surface area contributed by atoms with E-state index in [0.29, 0.717) is 5.56 Å². The maximum absolute atomic E-state index is 12.6. The number of methoxy groups -OCH3 is 1. The van der Waals surface area contributed by atoms with Crippen molar-refractivity contribution in [3.63, 3.8) is 0 Å². The molecular weight excluding hydrogens is 374 g/mol. The summed E-state index contributed by atoms with van der Waals surface area (Å²) in [6.45, 7) is 5.42. The molecule has 5 nitrogen and oxygen atoms in total. The molecule has 28 heavy (non-hydrogen) atoms. The van der Waals surface area contributed by atoms with Crippen LogP contribution < -0.4 is 5.32 Å². The Hall–Kier alpha value is -2.60. The van der Waals surface area contributed by atoms with Crippen LogP contribution in [0.1, 0.15) is 31.1 Å². The lowest BCUT2D eigenvalue weighted by atomic mass is 10.00. The molecule has 0 heterocycles. The van der Waals surface area contributed by atoms with Crippen molar-refractivity contribution in [1.82, 2.24) is 5.32 Å². The second-order valence-corrected chi connectivity index (χ2v) is 8.33. The smallest absolute Gasteiger partial charge is 0.329 e. The highest BCUT2D eigenvalue weighted by Gasteiger charge is 2.27. The monoisotopic (exact) mass is 399 g/mol. The summed E-state index contributed by atoms with van der Waals surface area (Å²) in [6, 6.07) is 16.1. The maximum atomic E-state index is 12.6. The molecule has 0 aliphatic heterocycles. The van der Waals surface area contributed by atoms with E-state index in [1.807, 2.05) is 63.2 Å². The number of esters is 1. The van der Waals surface area contributed by atoms with Gasteiger partial charge in [0.25, 0.3) is 5.91 Å². The minimum absolute atomic E-state index is 0.0529. The van der Waals surface area contributed by atoms with Gasteiger partial charge in [-0.15, -0.1) is 0 Å². The van der Waals surface area contributed by atoms with E-state index in [1.54, 1.807) is 12.1 Å². The lowest BCUT2D eigenvalue weighted by Crippen LogP contribution is -2.43. The number of nitrogens with one attached hydrogen (secondary N) is 1. The molecule has 0 fully saturated rings. The molecule has 0 aromatic heterocycles. The summed E-state index contributed by atoms with van der Waals surface area (Å²) in [4.78, 5) is 36.7. The van der Waals surface area contributed by atoms with Crippen LogP contribution in [0, 0.1) is 5.41 Å². The minimum atomic E-state index is -0.900. The molecular formula is C22H25NO4S. The molecule has 0 bridgehead atoms. The van der Waals surface area contributed by atoms with Crippen LogP contribution in [0.4, 0.5) is 0 Å². The largest absolute Gasteiger partial charge is 0.467 e. The van der Waals surface area contributed by atoms with Gasteiger partial charge in [-0.2, -0.15) is 0 Å². The predicted molar refractivity (Wildman–Crippen MR) is 112 cm³/mol. The van der Waals surface area contributed by atoms with Gasteiger partial charge < -0.3 is 10.1 Å². The molecule has 2 aromatic carbocycles. The molecule has 1 atom stereocenters. The Balaban J connectivity index is 2.06. The summed E-state index contributed by atoms with van der Waals surface area (Å²) >= 11 is 1.02. The molecule has 2 rings (SSSR count). The zero-order valence-corrected chi connectivity index (χ0v) is 17.3. The first-order chi connectivity index (χ1) is 13.2. The Morgan fingerprint density at radius 1 is 0.964 bits per heavy atom. The molecule has 0 spiro atoms. The fourth-order valence-electron chi connectivity index (χ4n) is 2.37. The fourth-order valence-corrected chi connectivity index (χ4v) is 3.34. The fraction of sp³-hybridized carbons (Fsp3) is 0.318. The van der Waals surface area contributed by atoms with Gasteiger partial charge in [0.15, 0.2) is 5.12 Å². The third-order valence-electron chi connectivity index (χ3n) is 4.04. The first-order valence-corrected chi connectivity index (χ1v) is 9.92. The van der Waals surface area contributed by atoms with Gasteiger partial charge in [0.1, 0.15) is 6.04 Å². The quantitative estimate of drug-likeness (QED) is 0.745. The average molecular weight is 400 g/mol. The number of carbonyl (C=O) groups excluding carboxylic acids is 3. The van der Waals surface area contributed by atoms with Crippen LogP contribution in [0.3, 0.4) is 0 Å². The Bertz CT molecular complexity index is 826. The van der Waals surface area contributed by atoms with Crippen molar-refractivity contribution in [2.45, 2.75) is 26.8 Å². The van der Waals surface area contributed by atoms with E-state index in [1.165, 1.54) is 7.11 Å². The van der Waals surface area contributed by atoms with Gasteiger partial charge in [0, 0.05) is 16.7 Å². The number of carbonyl (C=O) groups is 3. The van der Waals surface area contributed by atoms with Gasteiger partial charge in [0.05, 0.1) is 7.11 Å². The highest BCUT2D eigenvalue weighted by Crippen LogP contribution is 2.23. The second kappa shape index (κ2) is 9.55. The van der Waals surface area contributed by atoms with Crippen LogP contribution in [0.2, 0.25) is 0 Å². The van der Waals surface area contributed by atoms with Crippen molar-refractivity contribution in [3.8, 4) is 11.1 Å². The summed E-state index contributed by atoms with van der Waals surface area (Å²) in [5, 5.41) is 2.61. The van der Waals surface area contributed by atoms with Gasteiger partial charge in [-0.3, -0.25) is 9.59 Å². The molecule has 1 unspecified atom stereocenters. The van der Waals surface area contributed by atoms with Crippen molar-refractivity contribution in [2.75, 3.05) is 12.9 Å². The topological polar surface area (TPSA) is 72.5 Å². The Kier molecular flexibility index (Phi) is 7.40. The van der Waals surface area contributed by atoms with Crippen LogP contribution in [-0.2, 0) is 14.3 Å². The van der Waals surface area contributed by atoms with Crippen LogP contribution in [0.5, 0.6) is 0 Å². The lowest BCUT2D eigenvalue weighted by molar-refractivity contribution is -0.142. The molecule has 0 aliphatic carbocycles. The van der Waals surface area contributed by atoms with Crippen molar-refractivity contribution in [2.24, 2.45) is 5.41 Å². The van der Waals surface area contributed by atoms with Gasteiger partial charge in [-0.05, 0) is 23.3 Å². The first kappa shape index (κ1) is 21.7. The lowest BCUT2D eigenvalue weighted by Gasteiger charge is -2.19. The zero-order chi connectivity index (χ0) is 20.7. The highest BCUT2D eigenvalue weighted by atomic mass is 32.2. The molecule has 0 saturated carbocycles. The van der Waals surface area contributed by atoms with Gasteiger partial charge in [-0.1, -0.05) is 75.0 Å². The number of thioether (sulfide) groups is 1. The molecule has 1 amide bonds. The van der Waals surface area contributed by atoms with Crippen LogP contribution in [0.15, 0.2) is 54.6 Å². The van der Waals surface area contributed by atoms with E-state index in [4.69, 9.17) is 4.74 Å². The molecule has 0 aliphatic rings.